The lowest BCUT2D eigenvalue weighted by molar-refractivity contribution is -0.121. The summed E-state index contributed by atoms with van der Waals surface area (Å²) in [5.74, 6) is 0.128. The molecule has 1 heterocycles. The van der Waals surface area contributed by atoms with Gasteiger partial charge < -0.3 is 16.0 Å². The van der Waals surface area contributed by atoms with Crippen molar-refractivity contribution in [3.05, 3.63) is 0 Å². The molecule has 1 aliphatic heterocycles. The van der Waals surface area contributed by atoms with Crippen molar-refractivity contribution in [2.24, 2.45) is 5.73 Å². The zero-order valence-corrected chi connectivity index (χ0v) is 12.0. The number of rotatable bonds is 6. The van der Waals surface area contributed by atoms with Crippen LogP contribution in [0, 0.1) is 0 Å². The van der Waals surface area contributed by atoms with Gasteiger partial charge in [0.05, 0.1) is 0 Å². The Kier molecular flexibility index (Phi) is 6.65. The number of carbonyl (C=O) groups is 1. The highest BCUT2D eigenvalue weighted by atomic mass is 16.1. The number of nitrogens with one attached hydrogen (secondary N) is 1. The first-order chi connectivity index (χ1) is 8.47. The molecule has 0 atom stereocenters. The predicted molar refractivity (Wildman–Crippen MR) is 75.4 cm³/mol. The number of amides is 1. The standard InChI is InChI=1S/C14H29N3O/c1-14(2,15)8-7-13(18)16-9-12-17-10-5-3-4-6-11-17/h3-12,15H2,1-2H3,(H,16,18). The van der Waals surface area contributed by atoms with Gasteiger partial charge in [0.15, 0.2) is 0 Å². The highest BCUT2D eigenvalue weighted by molar-refractivity contribution is 5.75. The first kappa shape index (κ1) is 15.4. The molecular formula is C14H29N3O. The monoisotopic (exact) mass is 255 g/mol. The molecule has 1 amide bonds. The summed E-state index contributed by atoms with van der Waals surface area (Å²) in [6.07, 6.45) is 6.58. The molecule has 0 aromatic carbocycles. The maximum atomic E-state index is 11.6. The topological polar surface area (TPSA) is 58.4 Å². The second-order valence-electron chi connectivity index (χ2n) is 6.09. The van der Waals surface area contributed by atoms with Gasteiger partial charge in [0.25, 0.3) is 0 Å². The van der Waals surface area contributed by atoms with E-state index in [9.17, 15) is 4.79 Å². The highest BCUT2D eigenvalue weighted by Gasteiger charge is 2.13. The van der Waals surface area contributed by atoms with Crippen LogP contribution in [0.5, 0.6) is 0 Å². The third kappa shape index (κ3) is 7.67. The van der Waals surface area contributed by atoms with Gasteiger partial charge in [-0.25, -0.2) is 0 Å². The summed E-state index contributed by atoms with van der Waals surface area (Å²) in [6.45, 7) is 8.04. The van der Waals surface area contributed by atoms with Crippen LogP contribution in [0.25, 0.3) is 0 Å². The SMILES string of the molecule is CC(C)(N)CCC(=O)NCCN1CCCCCC1. The van der Waals surface area contributed by atoms with Crippen LogP contribution in [0.4, 0.5) is 0 Å². The minimum absolute atomic E-state index is 0.128. The number of hydrogen-bond acceptors (Lipinski definition) is 3. The molecule has 0 aromatic heterocycles. The van der Waals surface area contributed by atoms with Crippen molar-refractivity contribution in [1.29, 1.82) is 0 Å². The molecule has 1 rings (SSSR count). The van der Waals surface area contributed by atoms with Gasteiger partial charge in [-0.05, 0) is 46.2 Å². The summed E-state index contributed by atoms with van der Waals surface area (Å²) in [7, 11) is 0. The van der Waals surface area contributed by atoms with Crippen molar-refractivity contribution in [2.75, 3.05) is 26.2 Å². The summed E-state index contributed by atoms with van der Waals surface area (Å²) in [5.41, 5.74) is 5.61. The molecule has 106 valence electrons. The van der Waals surface area contributed by atoms with E-state index >= 15 is 0 Å². The lowest BCUT2D eigenvalue weighted by Gasteiger charge is -2.20. The van der Waals surface area contributed by atoms with Crippen LogP contribution >= 0.6 is 0 Å². The van der Waals surface area contributed by atoms with Crippen molar-refractivity contribution >= 4 is 5.91 Å². The van der Waals surface area contributed by atoms with Gasteiger partial charge in [-0.15, -0.1) is 0 Å². The third-order valence-electron chi connectivity index (χ3n) is 3.45. The summed E-state index contributed by atoms with van der Waals surface area (Å²) in [6, 6.07) is 0. The molecule has 0 bridgehead atoms. The van der Waals surface area contributed by atoms with Gasteiger partial charge >= 0.3 is 0 Å². The first-order valence-corrected chi connectivity index (χ1v) is 7.25. The molecule has 4 heteroatoms. The Balaban J connectivity index is 2.07. The van der Waals surface area contributed by atoms with Crippen LogP contribution in [-0.2, 0) is 4.79 Å². The number of likely N-dealkylation sites (tertiary alicyclic amines) is 1. The molecule has 0 aliphatic carbocycles. The van der Waals surface area contributed by atoms with E-state index in [0.717, 1.165) is 19.5 Å². The molecule has 4 nitrogen and oxygen atoms in total. The quantitative estimate of drug-likeness (QED) is 0.756. The van der Waals surface area contributed by atoms with E-state index in [1.165, 1.54) is 38.8 Å². The molecular weight excluding hydrogens is 226 g/mol. The van der Waals surface area contributed by atoms with Crippen LogP contribution in [0.15, 0.2) is 0 Å². The molecule has 0 spiro atoms. The van der Waals surface area contributed by atoms with Crippen molar-refractivity contribution in [3.8, 4) is 0 Å². The van der Waals surface area contributed by atoms with Crippen molar-refractivity contribution in [2.45, 2.75) is 57.9 Å². The lowest BCUT2D eigenvalue weighted by Crippen LogP contribution is -2.37. The summed E-state index contributed by atoms with van der Waals surface area (Å²) >= 11 is 0. The predicted octanol–water partition coefficient (Wildman–Crippen LogP) is 1.50. The molecule has 3 N–H and O–H groups in total. The lowest BCUT2D eigenvalue weighted by atomic mass is 10.00. The average Bonchev–Trinajstić information content (AvgIpc) is 2.54. The minimum atomic E-state index is -0.248. The number of nitrogens with two attached hydrogens (primary N) is 1. The Morgan fingerprint density at radius 2 is 1.83 bits per heavy atom. The first-order valence-electron chi connectivity index (χ1n) is 7.25. The normalized spacial score (nSPS) is 18.4. The van der Waals surface area contributed by atoms with E-state index in [-0.39, 0.29) is 11.4 Å². The number of carbonyl (C=O) groups excluding carboxylic acids is 1. The molecule has 1 saturated heterocycles. The molecule has 1 fully saturated rings. The number of hydrogen-bond donors (Lipinski definition) is 2. The molecule has 0 unspecified atom stereocenters. The Bertz CT molecular complexity index is 240. The van der Waals surface area contributed by atoms with E-state index in [2.05, 4.69) is 10.2 Å². The molecule has 0 radical (unpaired) electrons. The van der Waals surface area contributed by atoms with Crippen LogP contribution in [-0.4, -0.2) is 42.5 Å². The largest absolute Gasteiger partial charge is 0.355 e. The summed E-state index contributed by atoms with van der Waals surface area (Å²) < 4.78 is 0. The Morgan fingerprint density at radius 1 is 1.22 bits per heavy atom. The molecule has 18 heavy (non-hydrogen) atoms. The Labute approximate surface area is 111 Å². The van der Waals surface area contributed by atoms with Gasteiger partial charge in [0.1, 0.15) is 0 Å². The van der Waals surface area contributed by atoms with E-state index in [1.54, 1.807) is 0 Å². The fourth-order valence-electron chi connectivity index (χ4n) is 2.24. The fourth-order valence-corrected chi connectivity index (χ4v) is 2.24. The smallest absolute Gasteiger partial charge is 0.220 e. The van der Waals surface area contributed by atoms with E-state index < -0.39 is 0 Å². The molecule has 0 saturated carbocycles. The fraction of sp³-hybridized carbons (Fsp3) is 0.929. The van der Waals surface area contributed by atoms with Crippen molar-refractivity contribution < 1.29 is 4.79 Å². The molecule has 1 aliphatic rings. The van der Waals surface area contributed by atoms with Crippen molar-refractivity contribution in [3.63, 3.8) is 0 Å². The van der Waals surface area contributed by atoms with E-state index in [4.69, 9.17) is 5.73 Å². The molecule has 0 aromatic rings. The Morgan fingerprint density at radius 3 is 2.39 bits per heavy atom. The second-order valence-corrected chi connectivity index (χ2v) is 6.09. The van der Waals surface area contributed by atoms with Crippen LogP contribution in [0.3, 0.4) is 0 Å². The number of nitrogens with zero attached hydrogens (tertiary/aromatic N) is 1. The van der Waals surface area contributed by atoms with Crippen molar-refractivity contribution in [1.82, 2.24) is 10.2 Å². The van der Waals surface area contributed by atoms with Crippen LogP contribution < -0.4 is 11.1 Å². The van der Waals surface area contributed by atoms with Gasteiger partial charge in [-0.3, -0.25) is 4.79 Å². The summed E-state index contributed by atoms with van der Waals surface area (Å²) in [5, 5.41) is 2.99. The highest BCUT2D eigenvalue weighted by Crippen LogP contribution is 2.09. The maximum Gasteiger partial charge on any atom is 0.220 e. The second kappa shape index (κ2) is 7.74. The zero-order valence-electron chi connectivity index (χ0n) is 12.0. The maximum absolute atomic E-state index is 11.6. The Hall–Kier alpha value is -0.610. The van der Waals surface area contributed by atoms with Crippen LogP contribution in [0.2, 0.25) is 0 Å². The van der Waals surface area contributed by atoms with Crippen LogP contribution in [0.1, 0.15) is 52.4 Å². The van der Waals surface area contributed by atoms with Gasteiger partial charge in [0.2, 0.25) is 5.91 Å². The third-order valence-corrected chi connectivity index (χ3v) is 3.45. The average molecular weight is 255 g/mol. The summed E-state index contributed by atoms with van der Waals surface area (Å²) in [4.78, 5) is 14.1. The zero-order chi connectivity index (χ0) is 13.4. The van der Waals surface area contributed by atoms with Gasteiger partial charge in [0, 0.05) is 25.0 Å². The van der Waals surface area contributed by atoms with Gasteiger partial charge in [-0.2, -0.15) is 0 Å². The van der Waals surface area contributed by atoms with Gasteiger partial charge in [-0.1, -0.05) is 12.8 Å². The minimum Gasteiger partial charge on any atom is -0.355 e. The van der Waals surface area contributed by atoms with E-state index in [0.29, 0.717) is 6.42 Å². The van der Waals surface area contributed by atoms with E-state index in [1.807, 2.05) is 13.8 Å².